The molecule has 0 saturated carbocycles. The van der Waals surface area contributed by atoms with Crippen LogP contribution in [-0.4, -0.2) is 13.7 Å². The van der Waals surface area contributed by atoms with Crippen molar-refractivity contribution in [2.24, 2.45) is 5.73 Å². The van der Waals surface area contributed by atoms with Crippen molar-refractivity contribution in [3.63, 3.8) is 0 Å². The van der Waals surface area contributed by atoms with Gasteiger partial charge in [-0.3, -0.25) is 0 Å². The van der Waals surface area contributed by atoms with E-state index in [0.717, 1.165) is 11.3 Å². The molecule has 2 aromatic rings. The Morgan fingerprint density at radius 1 is 1.05 bits per heavy atom. The standard InChI is InChI=1S/C15H16FNO2/c1-18-12-5-7-13(8-6-12)19-15-11(9-10-17)3-2-4-14(15)16/h2-8H,9-10,17H2,1H3. The van der Waals surface area contributed by atoms with E-state index in [4.69, 9.17) is 15.2 Å². The fraction of sp³-hybridized carbons (Fsp3) is 0.200. The summed E-state index contributed by atoms with van der Waals surface area (Å²) in [4.78, 5) is 0. The third-order valence-corrected chi connectivity index (χ3v) is 2.74. The van der Waals surface area contributed by atoms with E-state index in [2.05, 4.69) is 0 Å². The van der Waals surface area contributed by atoms with Crippen molar-refractivity contribution in [3.05, 3.63) is 53.8 Å². The highest BCUT2D eigenvalue weighted by molar-refractivity contribution is 5.40. The van der Waals surface area contributed by atoms with Crippen LogP contribution in [0, 0.1) is 5.82 Å². The summed E-state index contributed by atoms with van der Waals surface area (Å²) in [6.45, 7) is 0.447. The second kappa shape index (κ2) is 6.20. The number of methoxy groups -OCH3 is 1. The fourth-order valence-corrected chi connectivity index (χ4v) is 1.78. The zero-order valence-corrected chi connectivity index (χ0v) is 10.7. The molecule has 0 radical (unpaired) electrons. The normalized spacial score (nSPS) is 10.3. The van der Waals surface area contributed by atoms with Crippen LogP contribution in [-0.2, 0) is 6.42 Å². The van der Waals surface area contributed by atoms with Gasteiger partial charge < -0.3 is 15.2 Å². The number of halogens is 1. The van der Waals surface area contributed by atoms with Gasteiger partial charge in [-0.15, -0.1) is 0 Å². The Kier molecular flexibility index (Phi) is 4.36. The van der Waals surface area contributed by atoms with Gasteiger partial charge in [0, 0.05) is 0 Å². The summed E-state index contributed by atoms with van der Waals surface area (Å²) >= 11 is 0. The summed E-state index contributed by atoms with van der Waals surface area (Å²) in [5, 5.41) is 0. The minimum absolute atomic E-state index is 0.234. The quantitative estimate of drug-likeness (QED) is 0.899. The maximum atomic E-state index is 13.8. The lowest BCUT2D eigenvalue weighted by Gasteiger charge is -2.12. The molecule has 0 unspecified atom stereocenters. The van der Waals surface area contributed by atoms with Crippen molar-refractivity contribution in [2.45, 2.75) is 6.42 Å². The first-order valence-electron chi connectivity index (χ1n) is 6.04. The first kappa shape index (κ1) is 13.4. The van der Waals surface area contributed by atoms with Crippen molar-refractivity contribution in [1.29, 1.82) is 0 Å². The molecular weight excluding hydrogens is 245 g/mol. The van der Waals surface area contributed by atoms with Crippen molar-refractivity contribution >= 4 is 0 Å². The second-order valence-electron chi connectivity index (χ2n) is 4.04. The van der Waals surface area contributed by atoms with Crippen molar-refractivity contribution < 1.29 is 13.9 Å². The van der Waals surface area contributed by atoms with E-state index in [-0.39, 0.29) is 11.6 Å². The van der Waals surface area contributed by atoms with Gasteiger partial charge in [-0.25, -0.2) is 4.39 Å². The van der Waals surface area contributed by atoms with Gasteiger partial charge in [0.1, 0.15) is 11.5 Å². The van der Waals surface area contributed by atoms with E-state index in [9.17, 15) is 4.39 Å². The molecule has 3 nitrogen and oxygen atoms in total. The highest BCUT2D eigenvalue weighted by atomic mass is 19.1. The van der Waals surface area contributed by atoms with Crippen LogP contribution in [0.1, 0.15) is 5.56 Å². The molecule has 0 heterocycles. The predicted molar refractivity (Wildman–Crippen MR) is 72.2 cm³/mol. The minimum atomic E-state index is -0.387. The Balaban J connectivity index is 2.26. The first-order valence-corrected chi connectivity index (χ1v) is 6.04. The molecule has 0 spiro atoms. The molecule has 0 aliphatic heterocycles. The number of hydrogen-bond donors (Lipinski definition) is 1. The number of ether oxygens (including phenoxy) is 2. The van der Waals surface area contributed by atoms with Crippen LogP contribution in [0.3, 0.4) is 0 Å². The van der Waals surface area contributed by atoms with Gasteiger partial charge in [0.05, 0.1) is 7.11 Å². The van der Waals surface area contributed by atoms with Gasteiger partial charge in [0.15, 0.2) is 11.6 Å². The minimum Gasteiger partial charge on any atom is -0.497 e. The summed E-state index contributed by atoms with van der Waals surface area (Å²) in [7, 11) is 1.59. The third-order valence-electron chi connectivity index (χ3n) is 2.74. The number of hydrogen-bond acceptors (Lipinski definition) is 3. The maximum absolute atomic E-state index is 13.8. The first-order chi connectivity index (χ1) is 9.24. The number of para-hydroxylation sites is 1. The molecule has 2 N–H and O–H groups in total. The van der Waals surface area contributed by atoms with Crippen LogP contribution in [0.5, 0.6) is 17.2 Å². The average molecular weight is 261 g/mol. The Labute approximate surface area is 111 Å². The van der Waals surface area contributed by atoms with Gasteiger partial charge in [-0.2, -0.15) is 0 Å². The smallest absolute Gasteiger partial charge is 0.166 e. The Hall–Kier alpha value is -2.07. The van der Waals surface area contributed by atoms with Crippen LogP contribution >= 0.6 is 0 Å². The average Bonchev–Trinajstić information content (AvgIpc) is 2.44. The monoisotopic (exact) mass is 261 g/mol. The van der Waals surface area contributed by atoms with Crippen molar-refractivity contribution in [3.8, 4) is 17.2 Å². The lowest BCUT2D eigenvalue weighted by atomic mass is 10.1. The molecule has 4 heteroatoms. The SMILES string of the molecule is COc1ccc(Oc2c(F)cccc2CCN)cc1. The summed E-state index contributed by atoms with van der Waals surface area (Å²) in [5.74, 6) is 1.13. The zero-order valence-electron chi connectivity index (χ0n) is 10.7. The Morgan fingerprint density at radius 2 is 1.74 bits per heavy atom. The highest BCUT2D eigenvalue weighted by Gasteiger charge is 2.10. The molecule has 19 heavy (non-hydrogen) atoms. The highest BCUT2D eigenvalue weighted by Crippen LogP contribution is 2.29. The van der Waals surface area contributed by atoms with Gasteiger partial charge in [-0.05, 0) is 48.9 Å². The molecule has 0 aliphatic rings. The molecular formula is C15H16FNO2. The third kappa shape index (κ3) is 3.23. The van der Waals surface area contributed by atoms with E-state index in [1.807, 2.05) is 6.07 Å². The number of nitrogens with two attached hydrogens (primary N) is 1. The van der Waals surface area contributed by atoms with Crippen LogP contribution in [0.15, 0.2) is 42.5 Å². The Bertz CT molecular complexity index is 540. The summed E-state index contributed by atoms with van der Waals surface area (Å²) in [5.41, 5.74) is 6.28. The van der Waals surface area contributed by atoms with Gasteiger partial charge in [0.2, 0.25) is 0 Å². The molecule has 0 bridgehead atoms. The van der Waals surface area contributed by atoms with E-state index in [1.165, 1.54) is 6.07 Å². The lowest BCUT2D eigenvalue weighted by molar-refractivity contribution is 0.410. The summed E-state index contributed by atoms with van der Waals surface area (Å²) in [6, 6.07) is 11.8. The molecule has 0 atom stereocenters. The van der Waals surface area contributed by atoms with Crippen LogP contribution < -0.4 is 15.2 Å². The van der Waals surface area contributed by atoms with Crippen LogP contribution in [0.4, 0.5) is 4.39 Å². The second-order valence-corrected chi connectivity index (χ2v) is 4.04. The van der Waals surface area contributed by atoms with E-state index in [1.54, 1.807) is 37.4 Å². The molecule has 0 saturated heterocycles. The largest absolute Gasteiger partial charge is 0.497 e. The molecule has 0 aliphatic carbocycles. The lowest BCUT2D eigenvalue weighted by Crippen LogP contribution is -2.05. The van der Waals surface area contributed by atoms with Crippen molar-refractivity contribution in [2.75, 3.05) is 13.7 Å². The van der Waals surface area contributed by atoms with E-state index in [0.29, 0.717) is 18.7 Å². The zero-order chi connectivity index (χ0) is 13.7. The number of rotatable bonds is 5. The van der Waals surface area contributed by atoms with Crippen LogP contribution in [0.2, 0.25) is 0 Å². The maximum Gasteiger partial charge on any atom is 0.166 e. The van der Waals surface area contributed by atoms with Crippen LogP contribution in [0.25, 0.3) is 0 Å². The molecule has 2 rings (SSSR count). The van der Waals surface area contributed by atoms with E-state index < -0.39 is 0 Å². The number of benzene rings is 2. The molecule has 0 amide bonds. The summed E-state index contributed by atoms with van der Waals surface area (Å²) < 4.78 is 24.5. The van der Waals surface area contributed by atoms with Gasteiger partial charge in [-0.1, -0.05) is 12.1 Å². The van der Waals surface area contributed by atoms with E-state index >= 15 is 0 Å². The Morgan fingerprint density at radius 3 is 2.37 bits per heavy atom. The molecule has 2 aromatic carbocycles. The molecule has 0 fully saturated rings. The predicted octanol–water partition coefficient (Wildman–Crippen LogP) is 3.13. The topological polar surface area (TPSA) is 44.5 Å². The summed E-state index contributed by atoms with van der Waals surface area (Å²) in [6.07, 6.45) is 0.573. The fourth-order valence-electron chi connectivity index (χ4n) is 1.78. The van der Waals surface area contributed by atoms with Gasteiger partial charge >= 0.3 is 0 Å². The molecule has 100 valence electrons. The van der Waals surface area contributed by atoms with Crippen molar-refractivity contribution in [1.82, 2.24) is 0 Å². The molecule has 0 aromatic heterocycles. The van der Waals surface area contributed by atoms with Gasteiger partial charge in [0.25, 0.3) is 0 Å².